The van der Waals surface area contributed by atoms with E-state index in [4.69, 9.17) is 27.9 Å². The second-order valence-electron chi connectivity index (χ2n) is 6.77. The Morgan fingerprint density at radius 1 is 1.29 bits per heavy atom. The fourth-order valence-corrected chi connectivity index (χ4v) is 4.05. The second-order valence-corrected chi connectivity index (χ2v) is 7.58. The maximum atomic E-state index is 12.8. The van der Waals surface area contributed by atoms with Gasteiger partial charge in [-0.25, -0.2) is 0 Å². The average Bonchev–Trinajstić information content (AvgIpc) is 2.57. The Morgan fingerprint density at radius 3 is 2.88 bits per heavy atom. The van der Waals surface area contributed by atoms with Gasteiger partial charge in [0.15, 0.2) is 0 Å². The quantitative estimate of drug-likeness (QED) is 0.811. The maximum absolute atomic E-state index is 12.8. The summed E-state index contributed by atoms with van der Waals surface area (Å²) in [6, 6.07) is 5.86. The van der Waals surface area contributed by atoms with Crippen LogP contribution < -0.4 is 0 Å². The van der Waals surface area contributed by atoms with Crippen molar-refractivity contribution in [2.45, 2.75) is 44.4 Å². The molecule has 2 unspecified atom stereocenters. The van der Waals surface area contributed by atoms with Crippen molar-refractivity contribution in [2.75, 3.05) is 26.7 Å². The van der Waals surface area contributed by atoms with Gasteiger partial charge in [0.1, 0.15) is 0 Å². The number of hydrogen-bond donors (Lipinski definition) is 0. The Bertz CT molecular complexity index is 594. The van der Waals surface area contributed by atoms with E-state index >= 15 is 0 Å². The van der Waals surface area contributed by atoms with Crippen molar-refractivity contribution in [1.82, 2.24) is 9.80 Å². The van der Waals surface area contributed by atoms with Crippen molar-refractivity contribution in [3.05, 3.63) is 33.8 Å². The third-order valence-corrected chi connectivity index (χ3v) is 5.63. The molecule has 1 aliphatic carbocycles. The van der Waals surface area contributed by atoms with Crippen molar-refractivity contribution >= 4 is 29.1 Å². The number of carbonyl (C=O) groups is 1. The molecule has 1 aromatic carbocycles. The highest BCUT2D eigenvalue weighted by Gasteiger charge is 2.36. The summed E-state index contributed by atoms with van der Waals surface area (Å²) in [5.41, 5.74) is 1.05. The summed E-state index contributed by atoms with van der Waals surface area (Å²) in [6.45, 7) is 2.44. The number of carbonyl (C=O) groups excluding carboxylic acids is 1. The molecular formula is C18H24Cl2N2O2. The van der Waals surface area contributed by atoms with Crippen LogP contribution in [0.25, 0.3) is 0 Å². The number of rotatable bonds is 4. The number of likely N-dealkylation sites (N-methyl/N-ethyl adjacent to an activating group) is 1. The van der Waals surface area contributed by atoms with E-state index in [2.05, 4.69) is 0 Å². The molecule has 0 bridgehead atoms. The van der Waals surface area contributed by atoms with Gasteiger partial charge in [-0.2, -0.15) is 0 Å². The molecular weight excluding hydrogens is 347 g/mol. The normalized spacial score (nSPS) is 24.1. The molecule has 1 heterocycles. The van der Waals surface area contributed by atoms with Crippen LogP contribution in [-0.4, -0.2) is 54.6 Å². The monoisotopic (exact) mass is 370 g/mol. The van der Waals surface area contributed by atoms with Gasteiger partial charge in [0, 0.05) is 13.1 Å². The number of fused-ring (bicyclic) bond motifs is 1. The minimum absolute atomic E-state index is 0.192. The smallest absolute Gasteiger partial charge is 0.237 e. The fraction of sp³-hybridized carbons (Fsp3) is 0.611. The van der Waals surface area contributed by atoms with Crippen LogP contribution in [0.2, 0.25) is 10.0 Å². The zero-order valence-electron chi connectivity index (χ0n) is 14.0. The van der Waals surface area contributed by atoms with Gasteiger partial charge in [-0.05, 0) is 37.6 Å². The zero-order valence-corrected chi connectivity index (χ0v) is 15.5. The van der Waals surface area contributed by atoms with Crippen LogP contribution in [0.1, 0.15) is 31.2 Å². The minimum Gasteiger partial charge on any atom is -0.374 e. The van der Waals surface area contributed by atoms with E-state index in [1.807, 2.05) is 29.0 Å². The van der Waals surface area contributed by atoms with Crippen LogP contribution >= 0.6 is 23.2 Å². The Kier molecular flexibility index (Phi) is 6.03. The van der Waals surface area contributed by atoms with Crippen molar-refractivity contribution in [3.8, 4) is 0 Å². The van der Waals surface area contributed by atoms with Gasteiger partial charge in [0.05, 0.1) is 35.3 Å². The lowest BCUT2D eigenvalue weighted by atomic mass is 9.90. The predicted molar refractivity (Wildman–Crippen MR) is 96.5 cm³/mol. The summed E-state index contributed by atoms with van der Waals surface area (Å²) in [5.74, 6) is 0.192. The summed E-state index contributed by atoms with van der Waals surface area (Å²) in [5, 5.41) is 1.10. The van der Waals surface area contributed by atoms with Crippen LogP contribution in [0.3, 0.4) is 0 Å². The second kappa shape index (κ2) is 8.05. The standard InChI is InChI=1S/C18H24Cl2N2O2/c1-21(11-13-6-7-14(19)15(20)10-13)12-18(23)22-8-9-24-17-5-3-2-4-16(17)22/h6-7,10,16-17H,2-5,8-9,11-12H2,1H3. The van der Waals surface area contributed by atoms with Crippen molar-refractivity contribution < 1.29 is 9.53 Å². The molecule has 4 nitrogen and oxygen atoms in total. The van der Waals surface area contributed by atoms with Gasteiger partial charge in [-0.15, -0.1) is 0 Å². The highest BCUT2D eigenvalue weighted by molar-refractivity contribution is 6.42. The summed E-state index contributed by atoms with van der Waals surface area (Å²) in [4.78, 5) is 16.8. The first-order valence-corrected chi connectivity index (χ1v) is 9.34. The van der Waals surface area contributed by atoms with Crippen molar-refractivity contribution in [1.29, 1.82) is 0 Å². The maximum Gasteiger partial charge on any atom is 0.237 e. The third-order valence-electron chi connectivity index (χ3n) is 4.89. The Labute approximate surface area is 153 Å². The molecule has 0 spiro atoms. The zero-order chi connectivity index (χ0) is 17.1. The number of hydrogen-bond acceptors (Lipinski definition) is 3. The van der Waals surface area contributed by atoms with E-state index in [1.165, 1.54) is 12.8 Å². The third kappa shape index (κ3) is 4.23. The first-order chi connectivity index (χ1) is 11.5. The molecule has 3 rings (SSSR count). The molecule has 132 valence electrons. The first kappa shape index (κ1) is 18.0. The largest absolute Gasteiger partial charge is 0.374 e. The molecule has 0 aromatic heterocycles. The van der Waals surface area contributed by atoms with E-state index in [1.54, 1.807) is 6.07 Å². The lowest BCUT2D eigenvalue weighted by Gasteiger charge is -2.44. The number of amides is 1. The highest BCUT2D eigenvalue weighted by atomic mass is 35.5. The van der Waals surface area contributed by atoms with Gasteiger partial charge in [-0.1, -0.05) is 42.1 Å². The minimum atomic E-state index is 0.192. The molecule has 0 N–H and O–H groups in total. The predicted octanol–water partition coefficient (Wildman–Crippen LogP) is 3.60. The van der Waals surface area contributed by atoms with E-state index in [0.717, 1.165) is 18.4 Å². The Morgan fingerprint density at radius 2 is 2.08 bits per heavy atom. The molecule has 2 atom stereocenters. The van der Waals surface area contributed by atoms with Crippen molar-refractivity contribution in [2.24, 2.45) is 0 Å². The number of benzene rings is 1. The summed E-state index contributed by atoms with van der Waals surface area (Å²) in [7, 11) is 1.96. The van der Waals surface area contributed by atoms with Gasteiger partial charge >= 0.3 is 0 Å². The summed E-state index contributed by atoms with van der Waals surface area (Å²) >= 11 is 12.0. The van der Waals surface area contributed by atoms with E-state index < -0.39 is 0 Å². The molecule has 1 aliphatic heterocycles. The number of nitrogens with zero attached hydrogens (tertiary/aromatic N) is 2. The van der Waals surface area contributed by atoms with Crippen LogP contribution in [0.4, 0.5) is 0 Å². The highest BCUT2D eigenvalue weighted by Crippen LogP contribution is 2.28. The molecule has 24 heavy (non-hydrogen) atoms. The topological polar surface area (TPSA) is 32.8 Å². The lowest BCUT2D eigenvalue weighted by molar-refractivity contribution is -0.150. The molecule has 1 aromatic rings. The fourth-order valence-electron chi connectivity index (χ4n) is 3.73. The summed E-state index contributed by atoms with van der Waals surface area (Å²) in [6.07, 6.45) is 4.77. The van der Waals surface area contributed by atoms with Gasteiger partial charge in [-0.3, -0.25) is 9.69 Å². The van der Waals surface area contributed by atoms with Gasteiger partial charge < -0.3 is 9.64 Å². The van der Waals surface area contributed by atoms with Crippen LogP contribution in [0, 0.1) is 0 Å². The summed E-state index contributed by atoms with van der Waals surface area (Å²) < 4.78 is 5.85. The number of morpholine rings is 1. The van der Waals surface area contributed by atoms with E-state index in [0.29, 0.717) is 36.3 Å². The van der Waals surface area contributed by atoms with E-state index in [9.17, 15) is 4.79 Å². The molecule has 1 amide bonds. The van der Waals surface area contributed by atoms with Crippen LogP contribution in [0.15, 0.2) is 18.2 Å². The average molecular weight is 371 g/mol. The molecule has 1 saturated carbocycles. The van der Waals surface area contributed by atoms with Gasteiger partial charge in [0.2, 0.25) is 5.91 Å². The SMILES string of the molecule is CN(CC(=O)N1CCOC2CCCCC21)Cc1ccc(Cl)c(Cl)c1. The van der Waals surface area contributed by atoms with Crippen LogP contribution in [-0.2, 0) is 16.1 Å². The Balaban J connectivity index is 1.57. The molecule has 2 fully saturated rings. The number of ether oxygens (including phenoxy) is 1. The Hall–Kier alpha value is -0.810. The lowest BCUT2D eigenvalue weighted by Crippen LogP contribution is -2.56. The molecule has 1 saturated heterocycles. The first-order valence-electron chi connectivity index (χ1n) is 8.58. The van der Waals surface area contributed by atoms with Gasteiger partial charge in [0.25, 0.3) is 0 Å². The molecule has 0 radical (unpaired) electrons. The van der Waals surface area contributed by atoms with Crippen LogP contribution in [0.5, 0.6) is 0 Å². The molecule has 6 heteroatoms. The number of halogens is 2. The van der Waals surface area contributed by atoms with E-state index in [-0.39, 0.29) is 18.1 Å². The van der Waals surface area contributed by atoms with Crippen molar-refractivity contribution in [3.63, 3.8) is 0 Å². The molecule has 2 aliphatic rings.